The Bertz CT molecular complexity index is 688. The van der Waals surface area contributed by atoms with Crippen molar-refractivity contribution >= 4 is 23.2 Å². The molecule has 6 nitrogen and oxygen atoms in total. The Morgan fingerprint density at radius 2 is 1.90 bits per heavy atom. The van der Waals surface area contributed by atoms with Crippen molar-refractivity contribution in [2.24, 2.45) is 0 Å². The van der Waals surface area contributed by atoms with E-state index in [1.165, 1.54) is 6.92 Å². The maximum absolute atomic E-state index is 12.1. The summed E-state index contributed by atoms with van der Waals surface area (Å²) in [5.41, 5.74) is 2.65. The van der Waals surface area contributed by atoms with Crippen LogP contribution in [0, 0.1) is 0 Å². The lowest BCUT2D eigenvalue weighted by atomic mass is 10.2. The Morgan fingerprint density at radius 3 is 2.57 bits per heavy atom. The van der Waals surface area contributed by atoms with E-state index in [9.17, 15) is 9.59 Å². The van der Waals surface area contributed by atoms with Gasteiger partial charge in [-0.3, -0.25) is 14.7 Å². The molecule has 2 aromatic rings. The first kappa shape index (κ1) is 13.4. The topological polar surface area (TPSA) is 86.9 Å². The number of carbonyl (C=O) groups is 2. The first-order valence-corrected chi connectivity index (χ1v) is 6.86. The molecule has 0 aliphatic heterocycles. The number of hydrogen-bond donors (Lipinski definition) is 3. The monoisotopic (exact) mass is 284 g/mol. The van der Waals surface area contributed by atoms with Crippen molar-refractivity contribution in [3.8, 4) is 0 Å². The number of hydrogen-bond acceptors (Lipinski definition) is 3. The standard InChI is InChI=1S/C15H16N4O2/c1-9(20)16-11-3-2-4-12(7-11)17-15(21)14-8-13(18-19-14)10-5-6-10/h2-4,7-8,10H,5-6H2,1H3,(H,16,20)(H,17,21)(H,18,19). The summed E-state index contributed by atoms with van der Waals surface area (Å²) in [7, 11) is 0. The molecular weight excluding hydrogens is 268 g/mol. The van der Waals surface area contributed by atoms with Crippen molar-refractivity contribution in [1.29, 1.82) is 0 Å². The number of nitrogens with one attached hydrogen (secondary N) is 3. The molecule has 1 heterocycles. The molecule has 1 aromatic heterocycles. The third kappa shape index (κ3) is 3.28. The molecule has 0 atom stereocenters. The molecule has 6 heteroatoms. The van der Waals surface area contributed by atoms with E-state index in [0.717, 1.165) is 18.5 Å². The number of nitrogens with zero attached hydrogens (tertiary/aromatic N) is 1. The number of amides is 2. The smallest absolute Gasteiger partial charge is 0.276 e. The summed E-state index contributed by atoms with van der Waals surface area (Å²) < 4.78 is 0. The van der Waals surface area contributed by atoms with Gasteiger partial charge < -0.3 is 10.6 Å². The van der Waals surface area contributed by atoms with E-state index in [0.29, 0.717) is 23.0 Å². The highest BCUT2D eigenvalue weighted by Crippen LogP contribution is 2.39. The van der Waals surface area contributed by atoms with Crippen LogP contribution in [0.1, 0.15) is 41.9 Å². The van der Waals surface area contributed by atoms with E-state index >= 15 is 0 Å². The lowest BCUT2D eigenvalue weighted by molar-refractivity contribution is -0.114. The molecule has 21 heavy (non-hydrogen) atoms. The zero-order valence-corrected chi connectivity index (χ0v) is 11.6. The molecule has 3 rings (SSSR count). The number of anilines is 2. The van der Waals surface area contributed by atoms with Gasteiger partial charge in [-0.15, -0.1) is 0 Å². The highest BCUT2D eigenvalue weighted by Gasteiger charge is 2.26. The average Bonchev–Trinajstić information content (AvgIpc) is 3.16. The van der Waals surface area contributed by atoms with Crippen LogP contribution < -0.4 is 10.6 Å². The molecule has 0 spiro atoms. The van der Waals surface area contributed by atoms with Crippen LogP contribution in [0.4, 0.5) is 11.4 Å². The third-order valence-electron chi connectivity index (χ3n) is 3.29. The fourth-order valence-electron chi connectivity index (χ4n) is 2.13. The van der Waals surface area contributed by atoms with Gasteiger partial charge in [0.15, 0.2) is 5.69 Å². The molecule has 1 saturated carbocycles. The highest BCUT2D eigenvalue weighted by atomic mass is 16.2. The fourth-order valence-corrected chi connectivity index (χ4v) is 2.13. The Labute approximate surface area is 121 Å². The van der Waals surface area contributed by atoms with Crippen LogP contribution in [0.15, 0.2) is 30.3 Å². The zero-order chi connectivity index (χ0) is 14.8. The van der Waals surface area contributed by atoms with Gasteiger partial charge in [-0.05, 0) is 37.1 Å². The van der Waals surface area contributed by atoms with Crippen molar-refractivity contribution in [2.45, 2.75) is 25.7 Å². The van der Waals surface area contributed by atoms with Crippen molar-refractivity contribution in [3.63, 3.8) is 0 Å². The molecule has 1 aliphatic carbocycles. The molecule has 3 N–H and O–H groups in total. The van der Waals surface area contributed by atoms with Crippen molar-refractivity contribution in [3.05, 3.63) is 41.7 Å². The summed E-state index contributed by atoms with van der Waals surface area (Å²) in [4.78, 5) is 23.2. The second kappa shape index (κ2) is 5.40. The Balaban J connectivity index is 1.69. The maximum atomic E-state index is 12.1. The summed E-state index contributed by atoms with van der Waals surface area (Å²) in [6.07, 6.45) is 2.31. The van der Waals surface area contributed by atoms with Gasteiger partial charge >= 0.3 is 0 Å². The van der Waals surface area contributed by atoms with Crippen molar-refractivity contribution in [1.82, 2.24) is 10.2 Å². The molecular formula is C15H16N4O2. The van der Waals surface area contributed by atoms with Gasteiger partial charge in [-0.25, -0.2) is 0 Å². The first-order valence-electron chi connectivity index (χ1n) is 6.86. The van der Waals surface area contributed by atoms with Gasteiger partial charge in [-0.2, -0.15) is 5.10 Å². The van der Waals surface area contributed by atoms with Crippen LogP contribution in [-0.4, -0.2) is 22.0 Å². The van der Waals surface area contributed by atoms with E-state index in [1.807, 2.05) is 0 Å². The molecule has 0 radical (unpaired) electrons. The second-order valence-electron chi connectivity index (χ2n) is 5.20. The number of carbonyl (C=O) groups excluding carboxylic acids is 2. The number of aromatic amines is 1. The molecule has 1 aliphatic rings. The molecule has 108 valence electrons. The van der Waals surface area contributed by atoms with Crippen LogP contribution in [0.5, 0.6) is 0 Å². The average molecular weight is 284 g/mol. The summed E-state index contributed by atoms with van der Waals surface area (Å²) >= 11 is 0. The second-order valence-corrected chi connectivity index (χ2v) is 5.20. The van der Waals surface area contributed by atoms with Gasteiger partial charge in [0, 0.05) is 29.9 Å². The minimum Gasteiger partial charge on any atom is -0.326 e. The van der Waals surface area contributed by atoms with Gasteiger partial charge in [0.05, 0.1) is 0 Å². The molecule has 0 unspecified atom stereocenters. The van der Waals surface area contributed by atoms with E-state index in [1.54, 1.807) is 30.3 Å². The lowest BCUT2D eigenvalue weighted by Gasteiger charge is -2.06. The summed E-state index contributed by atoms with van der Waals surface area (Å²) in [6, 6.07) is 8.79. The molecule has 2 amide bonds. The lowest BCUT2D eigenvalue weighted by Crippen LogP contribution is -2.13. The normalized spacial score (nSPS) is 13.8. The van der Waals surface area contributed by atoms with Crippen LogP contribution in [0.2, 0.25) is 0 Å². The van der Waals surface area contributed by atoms with E-state index in [4.69, 9.17) is 0 Å². The van der Waals surface area contributed by atoms with Gasteiger partial charge in [0.25, 0.3) is 5.91 Å². The van der Waals surface area contributed by atoms with Gasteiger partial charge in [-0.1, -0.05) is 6.07 Å². The largest absolute Gasteiger partial charge is 0.326 e. The van der Waals surface area contributed by atoms with Crippen LogP contribution in [0.3, 0.4) is 0 Å². The van der Waals surface area contributed by atoms with Crippen LogP contribution in [-0.2, 0) is 4.79 Å². The summed E-state index contributed by atoms with van der Waals surface area (Å²) in [5.74, 6) is 0.111. The molecule has 1 fully saturated rings. The molecule has 0 saturated heterocycles. The zero-order valence-electron chi connectivity index (χ0n) is 11.6. The number of rotatable bonds is 4. The van der Waals surface area contributed by atoms with Crippen LogP contribution >= 0.6 is 0 Å². The first-order chi connectivity index (χ1) is 10.1. The molecule has 1 aromatic carbocycles. The maximum Gasteiger partial charge on any atom is 0.276 e. The predicted octanol–water partition coefficient (Wildman–Crippen LogP) is 2.50. The Kier molecular flexibility index (Phi) is 3.43. The predicted molar refractivity (Wildman–Crippen MR) is 79.3 cm³/mol. The Hall–Kier alpha value is -2.63. The van der Waals surface area contributed by atoms with E-state index in [-0.39, 0.29) is 11.8 Å². The highest BCUT2D eigenvalue weighted by molar-refractivity contribution is 6.03. The molecule has 0 bridgehead atoms. The van der Waals surface area contributed by atoms with Gasteiger partial charge in [0.1, 0.15) is 0 Å². The number of aromatic nitrogens is 2. The van der Waals surface area contributed by atoms with Crippen LogP contribution in [0.25, 0.3) is 0 Å². The quantitative estimate of drug-likeness (QED) is 0.806. The van der Waals surface area contributed by atoms with Gasteiger partial charge in [0.2, 0.25) is 5.91 Å². The third-order valence-corrected chi connectivity index (χ3v) is 3.29. The minimum absolute atomic E-state index is 0.153. The SMILES string of the molecule is CC(=O)Nc1cccc(NC(=O)c2cc(C3CC3)[nH]n2)c1. The number of H-pyrrole nitrogens is 1. The fraction of sp³-hybridized carbons (Fsp3) is 0.267. The summed E-state index contributed by atoms with van der Waals surface area (Å²) in [5, 5.41) is 12.4. The van der Waals surface area contributed by atoms with Crippen molar-refractivity contribution < 1.29 is 9.59 Å². The van der Waals surface area contributed by atoms with Crippen molar-refractivity contribution in [2.75, 3.05) is 10.6 Å². The van der Waals surface area contributed by atoms with E-state index in [2.05, 4.69) is 20.8 Å². The number of benzene rings is 1. The Morgan fingerprint density at radius 1 is 1.19 bits per heavy atom. The van der Waals surface area contributed by atoms with E-state index < -0.39 is 0 Å². The minimum atomic E-state index is -0.266. The summed E-state index contributed by atoms with van der Waals surface area (Å²) in [6.45, 7) is 1.44.